The zero-order valence-electron chi connectivity index (χ0n) is 11.2. The fraction of sp³-hybridized carbons (Fsp3) is 0.286. The molecule has 1 aromatic carbocycles. The molecule has 0 saturated carbocycles. The highest BCUT2D eigenvalue weighted by molar-refractivity contribution is 7.71. The molecule has 4 N–H and O–H groups in total. The minimum atomic E-state index is -0.124. The van der Waals surface area contributed by atoms with E-state index in [1.807, 2.05) is 0 Å². The van der Waals surface area contributed by atoms with Gasteiger partial charge in [0.15, 0.2) is 4.77 Å². The van der Waals surface area contributed by atoms with E-state index in [-0.39, 0.29) is 17.1 Å². The molecule has 0 saturated heterocycles. The van der Waals surface area contributed by atoms with Gasteiger partial charge in [-0.25, -0.2) is 0 Å². The molecule has 2 heterocycles. The second kappa shape index (κ2) is 5.34. The highest BCUT2D eigenvalue weighted by atomic mass is 32.1. The topological polar surface area (TPSA) is 92.4 Å². The van der Waals surface area contributed by atoms with Gasteiger partial charge in [-0.3, -0.25) is 14.7 Å². The molecule has 0 spiro atoms. The van der Waals surface area contributed by atoms with Crippen molar-refractivity contribution >= 4 is 12.2 Å². The van der Waals surface area contributed by atoms with Crippen LogP contribution in [0.15, 0.2) is 23.0 Å². The molecule has 0 amide bonds. The van der Waals surface area contributed by atoms with E-state index in [2.05, 4.69) is 14.9 Å². The van der Waals surface area contributed by atoms with E-state index in [9.17, 15) is 15.0 Å². The third kappa shape index (κ3) is 2.84. The smallest absolute Gasteiger partial charge is 0.255 e. The van der Waals surface area contributed by atoms with Crippen molar-refractivity contribution in [3.63, 3.8) is 0 Å². The molecule has 1 aliphatic heterocycles. The van der Waals surface area contributed by atoms with E-state index in [1.165, 1.54) is 6.07 Å². The van der Waals surface area contributed by atoms with Gasteiger partial charge in [0.05, 0.1) is 0 Å². The van der Waals surface area contributed by atoms with Crippen molar-refractivity contribution in [1.82, 2.24) is 14.9 Å². The second-order valence-corrected chi connectivity index (χ2v) is 5.55. The van der Waals surface area contributed by atoms with Crippen LogP contribution in [-0.2, 0) is 19.5 Å². The van der Waals surface area contributed by atoms with E-state index in [0.29, 0.717) is 24.3 Å². The minimum absolute atomic E-state index is 0.0378. The highest BCUT2D eigenvalue weighted by Crippen LogP contribution is 2.25. The first-order valence-corrected chi connectivity index (χ1v) is 7.01. The summed E-state index contributed by atoms with van der Waals surface area (Å²) in [6, 6.07) is 4.57. The van der Waals surface area contributed by atoms with Crippen molar-refractivity contribution in [2.24, 2.45) is 0 Å². The zero-order chi connectivity index (χ0) is 15.0. The molecule has 21 heavy (non-hydrogen) atoms. The quantitative estimate of drug-likeness (QED) is 0.630. The lowest BCUT2D eigenvalue weighted by Gasteiger charge is -2.28. The summed E-state index contributed by atoms with van der Waals surface area (Å²) in [5, 5.41) is 19.1. The number of aromatic amines is 2. The SMILES string of the molecule is O=c1[nH]c(=S)[nH]c2c1CCN(Cc1ccc(O)cc1O)C2. The van der Waals surface area contributed by atoms with Gasteiger partial charge in [0.25, 0.3) is 5.56 Å². The normalized spacial score (nSPS) is 14.9. The van der Waals surface area contributed by atoms with Crippen LogP contribution in [0.5, 0.6) is 11.5 Å². The Labute approximate surface area is 125 Å². The molecule has 0 atom stereocenters. The van der Waals surface area contributed by atoms with Crippen LogP contribution in [0.2, 0.25) is 0 Å². The van der Waals surface area contributed by atoms with E-state index < -0.39 is 0 Å². The number of hydrogen-bond acceptors (Lipinski definition) is 5. The third-order valence-electron chi connectivity index (χ3n) is 3.65. The predicted octanol–water partition coefficient (Wildman–Crippen LogP) is 1.40. The van der Waals surface area contributed by atoms with Crippen molar-refractivity contribution in [1.29, 1.82) is 0 Å². The first-order valence-electron chi connectivity index (χ1n) is 6.60. The molecular weight excluding hydrogens is 290 g/mol. The van der Waals surface area contributed by atoms with E-state index in [1.54, 1.807) is 12.1 Å². The van der Waals surface area contributed by atoms with Gasteiger partial charge >= 0.3 is 0 Å². The number of fused-ring (bicyclic) bond motifs is 1. The molecule has 0 fully saturated rings. The van der Waals surface area contributed by atoms with Crippen LogP contribution in [0.1, 0.15) is 16.8 Å². The van der Waals surface area contributed by atoms with Gasteiger partial charge in [-0.15, -0.1) is 0 Å². The number of phenols is 2. The van der Waals surface area contributed by atoms with Gasteiger partial charge in [0.2, 0.25) is 0 Å². The Hall–Kier alpha value is -2.12. The summed E-state index contributed by atoms with van der Waals surface area (Å²) in [5.41, 5.74) is 2.18. The van der Waals surface area contributed by atoms with Gasteiger partial charge in [-0.2, -0.15) is 0 Å². The molecule has 1 aromatic heterocycles. The lowest BCUT2D eigenvalue weighted by atomic mass is 10.1. The molecular formula is C14H15N3O3S. The van der Waals surface area contributed by atoms with Crippen LogP contribution < -0.4 is 5.56 Å². The van der Waals surface area contributed by atoms with Crippen molar-refractivity contribution in [2.75, 3.05) is 6.54 Å². The Balaban J connectivity index is 1.83. The van der Waals surface area contributed by atoms with Gasteiger partial charge < -0.3 is 15.2 Å². The minimum Gasteiger partial charge on any atom is -0.508 e. The average Bonchev–Trinajstić information content (AvgIpc) is 2.41. The Morgan fingerprint density at radius 3 is 2.86 bits per heavy atom. The summed E-state index contributed by atoms with van der Waals surface area (Å²) in [5.74, 6) is 0.107. The molecule has 1 aliphatic rings. The number of nitrogens with zero attached hydrogens (tertiary/aromatic N) is 1. The standard InChI is InChI=1S/C14H15N3O3S/c18-9-2-1-8(12(19)5-9)6-17-4-3-10-11(7-17)15-14(21)16-13(10)20/h1-2,5,18-19H,3-4,6-7H2,(H2,15,16,20,21). The van der Waals surface area contributed by atoms with E-state index >= 15 is 0 Å². The van der Waals surface area contributed by atoms with Crippen molar-refractivity contribution < 1.29 is 10.2 Å². The largest absolute Gasteiger partial charge is 0.508 e. The zero-order valence-corrected chi connectivity index (χ0v) is 12.0. The van der Waals surface area contributed by atoms with Crippen molar-refractivity contribution in [3.05, 3.63) is 50.1 Å². The number of benzene rings is 1. The molecule has 0 aliphatic carbocycles. The molecule has 2 aromatic rings. The summed E-state index contributed by atoms with van der Waals surface area (Å²) in [6.45, 7) is 1.84. The fourth-order valence-corrected chi connectivity index (χ4v) is 2.81. The van der Waals surface area contributed by atoms with Crippen LogP contribution >= 0.6 is 12.2 Å². The first kappa shape index (κ1) is 13.8. The first-order chi connectivity index (χ1) is 10.0. The summed E-state index contributed by atoms with van der Waals surface area (Å²) in [6.07, 6.45) is 0.635. The maximum Gasteiger partial charge on any atom is 0.255 e. The van der Waals surface area contributed by atoms with Crippen LogP contribution in [0.4, 0.5) is 0 Å². The van der Waals surface area contributed by atoms with Crippen LogP contribution in [0, 0.1) is 4.77 Å². The Bertz CT molecular complexity index is 797. The number of aromatic nitrogens is 2. The second-order valence-electron chi connectivity index (χ2n) is 5.14. The van der Waals surface area contributed by atoms with Crippen LogP contribution in [-0.4, -0.2) is 31.6 Å². The van der Waals surface area contributed by atoms with Crippen LogP contribution in [0.25, 0.3) is 0 Å². The summed E-state index contributed by atoms with van der Waals surface area (Å²) < 4.78 is 0.327. The van der Waals surface area contributed by atoms with Gasteiger partial charge in [-0.05, 0) is 24.7 Å². The highest BCUT2D eigenvalue weighted by Gasteiger charge is 2.20. The molecule has 3 rings (SSSR count). The molecule has 0 unspecified atom stereocenters. The maximum atomic E-state index is 11.8. The molecule has 0 bridgehead atoms. The lowest BCUT2D eigenvalue weighted by Crippen LogP contribution is -2.34. The molecule has 6 nitrogen and oxygen atoms in total. The molecule has 7 heteroatoms. The van der Waals surface area contributed by atoms with Gasteiger partial charge in [0.1, 0.15) is 11.5 Å². The number of nitrogens with one attached hydrogen (secondary N) is 2. The molecule has 110 valence electrons. The fourth-order valence-electron chi connectivity index (χ4n) is 2.59. The number of hydrogen-bond donors (Lipinski definition) is 4. The summed E-state index contributed by atoms with van der Waals surface area (Å²) in [7, 11) is 0. The maximum absolute atomic E-state index is 11.8. The average molecular weight is 305 g/mol. The lowest BCUT2D eigenvalue weighted by molar-refractivity contribution is 0.237. The monoisotopic (exact) mass is 305 g/mol. The van der Waals surface area contributed by atoms with E-state index in [4.69, 9.17) is 12.2 Å². The number of phenolic OH excluding ortho intramolecular Hbond substituents is 2. The van der Waals surface area contributed by atoms with Crippen LogP contribution in [0.3, 0.4) is 0 Å². The summed E-state index contributed by atoms with van der Waals surface area (Å²) >= 11 is 4.99. The van der Waals surface area contributed by atoms with Gasteiger partial charge in [0, 0.05) is 42.5 Å². The van der Waals surface area contributed by atoms with Crippen molar-refractivity contribution in [3.8, 4) is 11.5 Å². The third-order valence-corrected chi connectivity index (χ3v) is 3.86. The Morgan fingerprint density at radius 2 is 2.10 bits per heavy atom. The summed E-state index contributed by atoms with van der Waals surface area (Å²) in [4.78, 5) is 19.5. The molecule has 0 radical (unpaired) electrons. The van der Waals surface area contributed by atoms with Crippen molar-refractivity contribution in [2.45, 2.75) is 19.5 Å². The number of H-pyrrole nitrogens is 2. The number of aromatic hydroxyl groups is 2. The number of rotatable bonds is 2. The Kier molecular flexibility index (Phi) is 3.52. The Morgan fingerprint density at radius 1 is 1.29 bits per heavy atom. The van der Waals surface area contributed by atoms with Gasteiger partial charge in [-0.1, -0.05) is 6.07 Å². The van der Waals surface area contributed by atoms with E-state index in [0.717, 1.165) is 23.4 Å². The predicted molar refractivity (Wildman–Crippen MR) is 79.8 cm³/mol.